The van der Waals surface area contributed by atoms with Crippen molar-refractivity contribution in [3.8, 4) is 0 Å². The van der Waals surface area contributed by atoms with Crippen LogP contribution in [0.2, 0.25) is 5.15 Å². The zero-order valence-corrected chi connectivity index (χ0v) is 11.3. The molecule has 0 bridgehead atoms. The molecule has 17 heavy (non-hydrogen) atoms. The number of thioether (sulfide) groups is 1. The van der Waals surface area contributed by atoms with Crippen LogP contribution in [0.3, 0.4) is 0 Å². The summed E-state index contributed by atoms with van der Waals surface area (Å²) in [6, 6.07) is 1.86. The van der Waals surface area contributed by atoms with Crippen molar-refractivity contribution < 1.29 is 4.74 Å². The predicted molar refractivity (Wildman–Crippen MR) is 68.7 cm³/mol. The molecule has 2 unspecified atom stereocenters. The molecule has 1 aromatic heterocycles. The van der Waals surface area contributed by atoms with E-state index in [-0.39, 0.29) is 0 Å². The molecule has 2 atom stereocenters. The molecule has 2 fully saturated rings. The van der Waals surface area contributed by atoms with E-state index in [0.29, 0.717) is 22.4 Å². The highest BCUT2D eigenvalue weighted by Gasteiger charge is 2.29. The molecule has 0 amide bonds. The average Bonchev–Trinajstić information content (AvgIpc) is 3.05. The Morgan fingerprint density at radius 2 is 2.18 bits per heavy atom. The van der Waals surface area contributed by atoms with Gasteiger partial charge in [0.15, 0.2) is 0 Å². The molecule has 3 nitrogen and oxygen atoms in total. The van der Waals surface area contributed by atoms with Crippen LogP contribution in [0.4, 0.5) is 0 Å². The minimum Gasteiger partial charge on any atom is -0.377 e. The van der Waals surface area contributed by atoms with Crippen LogP contribution in [0.1, 0.15) is 37.9 Å². The highest BCUT2D eigenvalue weighted by Crippen LogP contribution is 2.40. The molecule has 92 valence electrons. The highest BCUT2D eigenvalue weighted by molar-refractivity contribution is 7.99. The van der Waals surface area contributed by atoms with Crippen LogP contribution in [0.25, 0.3) is 0 Å². The first-order valence-corrected chi connectivity index (χ1v) is 7.31. The molecule has 2 heterocycles. The van der Waals surface area contributed by atoms with E-state index < -0.39 is 0 Å². The summed E-state index contributed by atoms with van der Waals surface area (Å²) in [7, 11) is 0. The van der Waals surface area contributed by atoms with Crippen LogP contribution >= 0.6 is 23.4 Å². The van der Waals surface area contributed by atoms with Gasteiger partial charge in [0.25, 0.3) is 0 Å². The fourth-order valence-electron chi connectivity index (χ4n) is 2.02. The van der Waals surface area contributed by atoms with Crippen LogP contribution in [0.5, 0.6) is 0 Å². The SMILES string of the molecule is CC1OCCC1Sc1cc(Cl)nc(C2CC2)n1. The van der Waals surface area contributed by atoms with E-state index in [4.69, 9.17) is 16.3 Å². The van der Waals surface area contributed by atoms with Crippen LogP contribution in [0.15, 0.2) is 11.1 Å². The molecule has 5 heteroatoms. The Morgan fingerprint density at radius 1 is 1.35 bits per heavy atom. The Balaban J connectivity index is 1.77. The van der Waals surface area contributed by atoms with Crippen LogP contribution in [-0.2, 0) is 4.74 Å². The number of hydrogen-bond donors (Lipinski definition) is 0. The Bertz CT molecular complexity index is 425. The number of nitrogens with zero attached hydrogens (tertiary/aromatic N) is 2. The molecule has 0 spiro atoms. The molecule has 0 radical (unpaired) electrons. The van der Waals surface area contributed by atoms with Gasteiger partial charge in [-0.1, -0.05) is 11.6 Å². The fourth-order valence-corrected chi connectivity index (χ4v) is 3.40. The molecule has 0 aromatic carbocycles. The van der Waals surface area contributed by atoms with Crippen molar-refractivity contribution in [3.05, 3.63) is 17.0 Å². The van der Waals surface area contributed by atoms with Crippen LogP contribution < -0.4 is 0 Å². The van der Waals surface area contributed by atoms with Gasteiger partial charge in [-0.2, -0.15) is 0 Å². The maximum absolute atomic E-state index is 6.05. The lowest BCUT2D eigenvalue weighted by molar-refractivity contribution is 0.127. The Kier molecular flexibility index (Phi) is 3.28. The van der Waals surface area contributed by atoms with Crippen LogP contribution in [-0.4, -0.2) is 27.9 Å². The van der Waals surface area contributed by atoms with Crippen LogP contribution in [0, 0.1) is 0 Å². The zero-order chi connectivity index (χ0) is 11.8. The third-order valence-corrected chi connectivity index (χ3v) is 4.78. The van der Waals surface area contributed by atoms with Gasteiger partial charge >= 0.3 is 0 Å². The van der Waals surface area contributed by atoms with Crippen molar-refractivity contribution >= 4 is 23.4 Å². The molecule has 2 aliphatic rings. The number of aromatic nitrogens is 2. The van der Waals surface area contributed by atoms with E-state index in [9.17, 15) is 0 Å². The fraction of sp³-hybridized carbons (Fsp3) is 0.667. The first-order valence-electron chi connectivity index (χ1n) is 6.05. The standard InChI is InChI=1S/C12H15ClN2OS/c1-7-9(4-5-16-7)17-11-6-10(13)14-12(15-11)8-2-3-8/h6-9H,2-5H2,1H3. The summed E-state index contributed by atoms with van der Waals surface area (Å²) in [6.07, 6.45) is 3.80. The molecule has 1 aliphatic heterocycles. The molecule has 1 saturated carbocycles. The first-order chi connectivity index (χ1) is 8.22. The van der Waals surface area contributed by atoms with Gasteiger partial charge in [-0.25, -0.2) is 9.97 Å². The van der Waals surface area contributed by atoms with Gasteiger partial charge < -0.3 is 4.74 Å². The summed E-state index contributed by atoms with van der Waals surface area (Å²) in [5, 5.41) is 2.05. The molecule has 1 saturated heterocycles. The largest absolute Gasteiger partial charge is 0.377 e. The van der Waals surface area contributed by atoms with E-state index in [1.807, 2.05) is 6.07 Å². The summed E-state index contributed by atoms with van der Waals surface area (Å²) in [5.74, 6) is 1.47. The lowest BCUT2D eigenvalue weighted by Gasteiger charge is -2.13. The Hall–Kier alpha value is -0.320. The van der Waals surface area contributed by atoms with Gasteiger partial charge in [-0.05, 0) is 26.2 Å². The van der Waals surface area contributed by atoms with E-state index in [1.165, 1.54) is 12.8 Å². The van der Waals surface area contributed by atoms with Crippen molar-refractivity contribution in [2.75, 3.05) is 6.61 Å². The van der Waals surface area contributed by atoms with E-state index in [2.05, 4.69) is 16.9 Å². The van der Waals surface area contributed by atoms with Crippen molar-refractivity contribution in [1.82, 2.24) is 9.97 Å². The molecule has 1 aromatic rings. The van der Waals surface area contributed by atoms with Gasteiger partial charge in [-0.15, -0.1) is 11.8 Å². The third-order valence-electron chi connectivity index (χ3n) is 3.21. The van der Waals surface area contributed by atoms with Crippen molar-refractivity contribution in [1.29, 1.82) is 0 Å². The zero-order valence-electron chi connectivity index (χ0n) is 9.73. The van der Waals surface area contributed by atoms with Gasteiger partial charge in [0.05, 0.1) is 6.10 Å². The summed E-state index contributed by atoms with van der Waals surface area (Å²) in [4.78, 5) is 8.90. The first kappa shape index (κ1) is 11.8. The smallest absolute Gasteiger partial charge is 0.134 e. The van der Waals surface area contributed by atoms with Gasteiger partial charge in [0.1, 0.15) is 16.0 Å². The summed E-state index contributed by atoms with van der Waals surface area (Å²) >= 11 is 7.82. The molecule has 0 N–H and O–H groups in total. The summed E-state index contributed by atoms with van der Waals surface area (Å²) < 4.78 is 5.56. The van der Waals surface area contributed by atoms with Crippen molar-refractivity contribution in [2.45, 2.75) is 48.5 Å². The third kappa shape index (κ3) is 2.75. The minimum absolute atomic E-state index is 0.304. The Morgan fingerprint density at radius 3 is 2.82 bits per heavy atom. The monoisotopic (exact) mass is 270 g/mol. The normalized spacial score (nSPS) is 28.6. The second-order valence-electron chi connectivity index (χ2n) is 4.68. The van der Waals surface area contributed by atoms with Gasteiger partial charge in [0, 0.05) is 23.8 Å². The van der Waals surface area contributed by atoms with E-state index >= 15 is 0 Å². The molecule has 1 aliphatic carbocycles. The van der Waals surface area contributed by atoms with E-state index in [1.54, 1.807) is 11.8 Å². The molecule has 3 rings (SSSR count). The lowest BCUT2D eigenvalue weighted by Crippen LogP contribution is -2.13. The van der Waals surface area contributed by atoms with Gasteiger partial charge in [-0.3, -0.25) is 0 Å². The maximum Gasteiger partial charge on any atom is 0.134 e. The number of hydrogen-bond acceptors (Lipinski definition) is 4. The maximum atomic E-state index is 6.05. The quantitative estimate of drug-likeness (QED) is 0.790. The second kappa shape index (κ2) is 4.75. The highest BCUT2D eigenvalue weighted by atomic mass is 35.5. The van der Waals surface area contributed by atoms with Crippen molar-refractivity contribution in [2.24, 2.45) is 0 Å². The lowest BCUT2D eigenvalue weighted by atomic mass is 10.3. The minimum atomic E-state index is 0.304. The average molecular weight is 271 g/mol. The summed E-state index contributed by atoms with van der Waals surface area (Å²) in [5.41, 5.74) is 0. The van der Waals surface area contributed by atoms with Gasteiger partial charge in [0.2, 0.25) is 0 Å². The number of ether oxygens (including phenoxy) is 1. The molecular formula is C12H15ClN2OS. The van der Waals surface area contributed by atoms with E-state index in [0.717, 1.165) is 23.9 Å². The second-order valence-corrected chi connectivity index (χ2v) is 6.33. The number of rotatable bonds is 3. The summed E-state index contributed by atoms with van der Waals surface area (Å²) in [6.45, 7) is 2.97. The number of halogens is 1. The molecular weight excluding hydrogens is 256 g/mol. The topological polar surface area (TPSA) is 35.0 Å². The Labute approximate surface area is 110 Å². The predicted octanol–water partition coefficient (Wildman–Crippen LogP) is 3.28. The van der Waals surface area contributed by atoms with Crippen molar-refractivity contribution in [3.63, 3.8) is 0 Å².